The van der Waals surface area contributed by atoms with Gasteiger partial charge in [0, 0.05) is 6.42 Å². The van der Waals surface area contributed by atoms with E-state index in [1.807, 2.05) is 6.92 Å². The average Bonchev–Trinajstić information content (AvgIpc) is 2.76. The molecule has 0 aliphatic carbocycles. The van der Waals surface area contributed by atoms with E-state index in [4.69, 9.17) is 9.16 Å². The van der Waals surface area contributed by atoms with E-state index in [2.05, 4.69) is 44.1 Å². The van der Waals surface area contributed by atoms with E-state index in [1.165, 1.54) is 7.11 Å². The van der Waals surface area contributed by atoms with Crippen LogP contribution < -0.4 is 0 Å². The maximum atomic E-state index is 12.1. The minimum absolute atomic E-state index is 0.0916. The predicted octanol–water partition coefficient (Wildman–Crippen LogP) is 3.16. The Morgan fingerprint density at radius 1 is 1.37 bits per heavy atom. The lowest BCUT2D eigenvalue weighted by atomic mass is 9.91. The largest absolute Gasteiger partial charge is 0.467 e. The van der Waals surface area contributed by atoms with Crippen LogP contribution in [0.4, 0.5) is 0 Å². The fourth-order valence-electron chi connectivity index (χ4n) is 1.93. The molecule has 0 amide bonds. The van der Waals surface area contributed by atoms with Crippen LogP contribution in [-0.4, -0.2) is 39.6 Å². The average molecular weight is 286 g/mol. The molecule has 6 heteroatoms. The number of methoxy groups -OCH3 is 1. The van der Waals surface area contributed by atoms with Crippen molar-refractivity contribution in [2.45, 2.75) is 63.9 Å². The van der Waals surface area contributed by atoms with Crippen molar-refractivity contribution in [2.24, 2.45) is 10.2 Å². The molecule has 0 bridgehead atoms. The zero-order chi connectivity index (χ0) is 14.9. The summed E-state index contributed by atoms with van der Waals surface area (Å²) in [5.74, 6) is -0.347. The maximum absolute atomic E-state index is 12.1. The topological polar surface area (TPSA) is 60.2 Å². The Morgan fingerprint density at radius 3 is 2.32 bits per heavy atom. The van der Waals surface area contributed by atoms with Gasteiger partial charge < -0.3 is 9.16 Å². The Labute approximate surface area is 116 Å². The molecule has 0 saturated heterocycles. The molecule has 19 heavy (non-hydrogen) atoms. The third-order valence-corrected chi connectivity index (χ3v) is 8.89. The first-order valence-electron chi connectivity index (χ1n) is 6.72. The molecule has 0 N–H and O–H groups in total. The summed E-state index contributed by atoms with van der Waals surface area (Å²) in [4.78, 5) is 12.1. The SMILES string of the molecule is COC(=O)[C@@]1([C@@H](C)O[Si](C)(C)C(C)(C)C)CCN=N1. The van der Waals surface area contributed by atoms with Crippen molar-refractivity contribution in [3.8, 4) is 0 Å². The van der Waals surface area contributed by atoms with Crippen LogP contribution in [0.1, 0.15) is 34.1 Å². The molecule has 0 fully saturated rings. The molecule has 0 aromatic rings. The second-order valence-corrected chi connectivity index (χ2v) is 11.4. The molecule has 0 unspecified atom stereocenters. The van der Waals surface area contributed by atoms with Gasteiger partial charge in [-0.1, -0.05) is 20.8 Å². The molecular weight excluding hydrogens is 260 g/mol. The number of hydrogen-bond donors (Lipinski definition) is 0. The molecule has 2 atom stereocenters. The predicted molar refractivity (Wildman–Crippen MR) is 76.8 cm³/mol. The van der Waals surface area contributed by atoms with E-state index in [0.29, 0.717) is 13.0 Å². The van der Waals surface area contributed by atoms with Gasteiger partial charge in [-0.3, -0.25) is 0 Å². The fourth-order valence-corrected chi connectivity index (χ4v) is 3.37. The minimum atomic E-state index is -1.95. The highest BCUT2D eigenvalue weighted by atomic mass is 28.4. The Bertz CT molecular complexity index is 377. The summed E-state index contributed by atoms with van der Waals surface area (Å²) < 4.78 is 11.2. The van der Waals surface area contributed by atoms with Crippen molar-refractivity contribution in [1.29, 1.82) is 0 Å². The van der Waals surface area contributed by atoms with E-state index in [0.717, 1.165) is 0 Å². The summed E-state index contributed by atoms with van der Waals surface area (Å²) >= 11 is 0. The molecule has 0 spiro atoms. The van der Waals surface area contributed by atoms with Gasteiger partial charge in [-0.15, -0.1) is 0 Å². The summed E-state index contributed by atoms with van der Waals surface area (Å²) in [6, 6.07) is 0. The van der Waals surface area contributed by atoms with Gasteiger partial charge in [0.05, 0.1) is 19.8 Å². The molecular formula is C13H26N2O3Si. The van der Waals surface area contributed by atoms with Gasteiger partial charge in [0.15, 0.2) is 8.32 Å². The summed E-state index contributed by atoms with van der Waals surface area (Å²) in [6.07, 6.45) is 0.252. The van der Waals surface area contributed by atoms with Crippen molar-refractivity contribution in [3.63, 3.8) is 0 Å². The van der Waals surface area contributed by atoms with Gasteiger partial charge in [-0.2, -0.15) is 10.2 Å². The highest BCUT2D eigenvalue weighted by Crippen LogP contribution is 2.40. The van der Waals surface area contributed by atoms with Crippen LogP contribution in [0, 0.1) is 0 Å². The Kier molecular flexibility index (Phi) is 4.57. The van der Waals surface area contributed by atoms with Gasteiger partial charge in [0.2, 0.25) is 5.54 Å². The molecule has 0 aromatic heterocycles. The van der Waals surface area contributed by atoms with Gasteiger partial charge in [-0.25, -0.2) is 4.79 Å². The van der Waals surface area contributed by atoms with E-state index in [9.17, 15) is 4.79 Å². The zero-order valence-electron chi connectivity index (χ0n) is 13.1. The van der Waals surface area contributed by atoms with Crippen molar-refractivity contribution in [2.75, 3.05) is 13.7 Å². The molecule has 1 aliphatic heterocycles. The smallest absolute Gasteiger partial charge is 0.338 e. The molecule has 0 aromatic carbocycles. The van der Waals surface area contributed by atoms with Gasteiger partial charge in [0.1, 0.15) is 0 Å². The first kappa shape index (κ1) is 16.3. The third kappa shape index (κ3) is 3.05. The third-order valence-electron chi connectivity index (χ3n) is 4.33. The lowest BCUT2D eigenvalue weighted by molar-refractivity contribution is -0.150. The van der Waals surface area contributed by atoms with E-state index >= 15 is 0 Å². The lowest BCUT2D eigenvalue weighted by Gasteiger charge is -2.41. The van der Waals surface area contributed by atoms with Crippen molar-refractivity contribution in [1.82, 2.24) is 0 Å². The quantitative estimate of drug-likeness (QED) is 0.589. The van der Waals surface area contributed by atoms with Crippen LogP contribution >= 0.6 is 0 Å². The summed E-state index contributed by atoms with van der Waals surface area (Å²) in [5.41, 5.74) is -0.954. The van der Waals surface area contributed by atoms with Crippen molar-refractivity contribution < 1.29 is 14.0 Å². The van der Waals surface area contributed by atoms with Crippen molar-refractivity contribution in [3.05, 3.63) is 0 Å². The highest BCUT2D eigenvalue weighted by molar-refractivity contribution is 6.74. The van der Waals surface area contributed by atoms with Crippen LogP contribution in [0.25, 0.3) is 0 Å². The fraction of sp³-hybridized carbons (Fsp3) is 0.923. The monoisotopic (exact) mass is 286 g/mol. The maximum Gasteiger partial charge on any atom is 0.338 e. The van der Waals surface area contributed by atoms with E-state index in [1.54, 1.807) is 0 Å². The molecule has 5 nitrogen and oxygen atoms in total. The Balaban J connectivity index is 2.95. The van der Waals surface area contributed by atoms with Gasteiger partial charge >= 0.3 is 5.97 Å². The first-order chi connectivity index (χ1) is 8.57. The number of carbonyl (C=O) groups is 1. The van der Waals surface area contributed by atoms with Crippen molar-refractivity contribution >= 4 is 14.3 Å². The minimum Gasteiger partial charge on any atom is -0.467 e. The summed E-state index contributed by atoms with van der Waals surface area (Å²) in [7, 11) is -0.565. The zero-order valence-corrected chi connectivity index (χ0v) is 14.1. The van der Waals surface area contributed by atoms with Crippen LogP contribution in [0.15, 0.2) is 10.2 Å². The number of nitrogens with zero attached hydrogens (tertiary/aromatic N) is 2. The highest BCUT2D eigenvalue weighted by Gasteiger charge is 2.51. The molecule has 1 heterocycles. The second kappa shape index (κ2) is 5.32. The lowest BCUT2D eigenvalue weighted by Crippen LogP contribution is -2.53. The number of hydrogen-bond acceptors (Lipinski definition) is 5. The number of carbonyl (C=O) groups excluding carboxylic acids is 1. The van der Waals surface area contributed by atoms with Crippen LogP contribution in [0.5, 0.6) is 0 Å². The first-order valence-corrected chi connectivity index (χ1v) is 9.62. The van der Waals surface area contributed by atoms with Gasteiger partial charge in [-0.05, 0) is 25.1 Å². The Hall–Kier alpha value is -0.753. The second-order valence-electron chi connectivity index (χ2n) is 6.65. The van der Waals surface area contributed by atoms with Gasteiger partial charge in [0.25, 0.3) is 0 Å². The summed E-state index contributed by atoms with van der Waals surface area (Å²) in [6.45, 7) is 13.3. The standard InChI is InChI=1S/C13H26N2O3Si/c1-10(18-19(6,7)12(2,3)4)13(11(16)17-5)8-9-14-15-13/h10H,8-9H2,1-7H3/t10-,13+/m1/s1. The molecule has 1 rings (SSSR count). The normalized spacial score (nSPS) is 25.4. The van der Waals surface area contributed by atoms with E-state index < -0.39 is 13.9 Å². The molecule has 1 aliphatic rings. The van der Waals surface area contributed by atoms with Crippen LogP contribution in [0.2, 0.25) is 18.1 Å². The number of esters is 1. The molecule has 0 radical (unpaired) electrons. The molecule has 0 saturated carbocycles. The van der Waals surface area contributed by atoms with Crippen LogP contribution in [0.3, 0.4) is 0 Å². The number of ether oxygens (including phenoxy) is 1. The number of azo groups is 1. The molecule has 110 valence electrons. The Morgan fingerprint density at radius 2 is 1.95 bits per heavy atom. The van der Waals surface area contributed by atoms with E-state index in [-0.39, 0.29) is 17.1 Å². The number of rotatable bonds is 4. The van der Waals surface area contributed by atoms with Crippen LogP contribution in [-0.2, 0) is 14.0 Å². The summed E-state index contributed by atoms with van der Waals surface area (Å²) in [5, 5.41) is 8.22.